The second kappa shape index (κ2) is 21.3. The van der Waals surface area contributed by atoms with Gasteiger partial charge >= 0.3 is 0 Å². The predicted molar refractivity (Wildman–Crippen MR) is 204 cm³/mol. The van der Waals surface area contributed by atoms with Crippen LogP contribution in [-0.2, 0) is 0 Å². The third-order valence-corrected chi connectivity index (χ3v) is 8.20. The van der Waals surface area contributed by atoms with Crippen molar-refractivity contribution in [2.45, 2.75) is 0 Å². The number of benzene rings is 4. The molecule has 4 heterocycles. The van der Waals surface area contributed by atoms with Gasteiger partial charge in [-0.3, -0.25) is 0 Å². The van der Waals surface area contributed by atoms with Crippen molar-refractivity contribution in [3.63, 3.8) is 0 Å². The van der Waals surface area contributed by atoms with Crippen molar-refractivity contribution in [2.75, 3.05) is 0 Å². The molecule has 0 saturated carbocycles. The second-order valence-electron chi connectivity index (χ2n) is 11.9. The van der Waals surface area contributed by atoms with E-state index in [4.69, 9.17) is 20.1 Å². The van der Waals surface area contributed by atoms with E-state index >= 15 is 0 Å². The minimum atomic E-state index is -3.17. The average Bonchev–Trinajstić information content (AvgIpc) is 3.25. The maximum atomic E-state index is 9.89. The van der Waals surface area contributed by atoms with E-state index < -0.39 is 14.8 Å². The monoisotopic (exact) mass is 744 g/mol. The molecule has 0 N–H and O–H groups in total. The topological polar surface area (TPSA) is 108 Å². The summed E-state index contributed by atoms with van der Waals surface area (Å²) in [6.07, 6.45) is 16.8. The molecule has 0 amide bonds. The Kier molecular flexibility index (Phi) is 15.4. The minimum absolute atomic E-state index is 1.17. The quantitative estimate of drug-likeness (QED) is 0.193. The van der Waals surface area contributed by atoms with Crippen LogP contribution >= 0.6 is 0 Å². The van der Waals surface area contributed by atoms with Gasteiger partial charge in [-0.15, -0.1) is 0 Å². The number of aromatic nitrogens is 4. The molecule has 4 aromatic carbocycles. The van der Waals surface area contributed by atoms with Crippen LogP contribution in [0.1, 0.15) is 0 Å². The van der Waals surface area contributed by atoms with Gasteiger partial charge in [0.2, 0.25) is 22.7 Å². The highest BCUT2D eigenvalue weighted by molar-refractivity contribution is 6.27. The predicted octanol–water partition coefficient (Wildman–Crippen LogP) is 3.14. The average molecular weight is 744 g/mol. The lowest BCUT2D eigenvalue weighted by atomic mass is 10.1. The molecular weight excluding hydrogens is 708 g/mol. The van der Waals surface area contributed by atoms with E-state index in [9.17, 15) is 8.63 Å². The zero-order chi connectivity index (χ0) is 39.5. The number of hydrogen-bond acceptors (Lipinski definition) is 4. The summed E-state index contributed by atoms with van der Waals surface area (Å²) >= 11 is 0. The van der Waals surface area contributed by atoms with Gasteiger partial charge in [-0.25, -0.2) is 0 Å². The molecule has 4 aromatic heterocycles. The lowest BCUT2D eigenvalue weighted by Gasteiger charge is -2.09. The Labute approximate surface area is 325 Å². The molecule has 276 valence electrons. The number of pyridine rings is 4. The van der Waals surface area contributed by atoms with Crippen molar-refractivity contribution in [2.24, 2.45) is 0 Å². The zero-order valence-electron chi connectivity index (χ0n) is 30.1. The fraction of sp³-hybridized carbons (Fsp3) is 0. The van der Waals surface area contributed by atoms with Crippen LogP contribution in [0.5, 0.6) is 0 Å². The molecule has 0 aliphatic rings. The van der Waals surface area contributed by atoms with Crippen LogP contribution in [0.15, 0.2) is 219 Å². The van der Waals surface area contributed by atoms with Crippen molar-refractivity contribution < 1.29 is 47.0 Å². The van der Waals surface area contributed by atoms with Gasteiger partial charge in [0.15, 0.2) is 49.6 Å². The Morgan fingerprint density at radius 2 is 0.411 bits per heavy atom. The Balaban J connectivity index is 0.000000180. The van der Waals surface area contributed by atoms with E-state index in [-0.39, 0.29) is 0 Å². The van der Waals surface area contributed by atoms with Gasteiger partial charge in [0, 0.05) is 97.1 Å². The number of hydrogen-bond donors (Lipinski definition) is 0. The highest BCUT2D eigenvalue weighted by Gasteiger charge is 2.10. The van der Waals surface area contributed by atoms with Crippen molar-refractivity contribution in [3.8, 4) is 45.0 Å². The van der Waals surface area contributed by atoms with E-state index in [2.05, 4.69) is 213 Å². The molecule has 56 heavy (non-hydrogen) atoms. The van der Waals surface area contributed by atoms with Crippen molar-refractivity contribution >= 4 is 14.8 Å². The smallest absolute Gasteiger partial charge is 0.210 e. The van der Waals surface area contributed by atoms with Gasteiger partial charge in [-0.05, 0) is 22.3 Å². The van der Waals surface area contributed by atoms with E-state index in [1.54, 1.807) is 0 Å². The molecule has 0 unspecified atom stereocenters. The summed E-state index contributed by atoms with van der Waals surface area (Å²) in [5, 5.41) is 33.2. The molecule has 0 fully saturated rings. The van der Waals surface area contributed by atoms with Gasteiger partial charge < -0.3 is 28.7 Å². The first-order chi connectivity index (χ1) is 27.3. The van der Waals surface area contributed by atoms with E-state index in [1.165, 1.54) is 45.0 Å². The van der Waals surface area contributed by atoms with Crippen LogP contribution < -0.4 is 38.4 Å². The summed E-state index contributed by atoms with van der Waals surface area (Å²) in [5.74, 6) is 0. The summed E-state index contributed by atoms with van der Waals surface area (Å²) in [7, 11) is -6.33. The maximum Gasteiger partial charge on any atom is 0.210 e. The first kappa shape index (κ1) is 40.5. The number of nitrogens with zero attached hydrogens (tertiary/aromatic N) is 4. The first-order valence-corrected chi connectivity index (χ1v) is 17.5. The highest BCUT2D eigenvalue weighted by atomic mass is 19.1. The lowest BCUT2D eigenvalue weighted by Crippen LogP contribution is -2.39. The van der Waals surface area contributed by atoms with Crippen molar-refractivity contribution in [1.82, 2.24) is 0 Å². The Bertz CT molecular complexity index is 1960. The third kappa shape index (κ3) is 12.7. The number of halogens is 2. The Morgan fingerprint density at radius 3 is 0.554 bits per heavy atom. The Hall–Kier alpha value is -6.69. The fourth-order valence-corrected chi connectivity index (χ4v) is 5.56. The maximum absolute atomic E-state index is 9.89. The molecule has 0 bridgehead atoms. The van der Waals surface area contributed by atoms with Crippen LogP contribution in [0.2, 0.25) is 0 Å². The highest BCUT2D eigenvalue weighted by Crippen LogP contribution is 2.18. The molecule has 8 nitrogen and oxygen atoms in total. The van der Waals surface area contributed by atoms with Gasteiger partial charge in [-0.2, -0.15) is 18.3 Å². The van der Waals surface area contributed by atoms with E-state index in [1.807, 2.05) is 24.3 Å². The summed E-state index contributed by atoms with van der Waals surface area (Å²) in [5.41, 5.74) is 9.51. The molecule has 0 atom stereocenters. The van der Waals surface area contributed by atoms with Crippen LogP contribution in [-0.4, -0.2) is 14.8 Å². The largest absolute Gasteiger partial charge is 0.867 e. The molecular formula is C44H36B2F2N4O4. The summed E-state index contributed by atoms with van der Waals surface area (Å²) in [6, 6.07) is 58.5. The van der Waals surface area contributed by atoms with E-state index in [0.29, 0.717) is 0 Å². The van der Waals surface area contributed by atoms with Crippen LogP contribution in [0.4, 0.5) is 8.63 Å². The van der Waals surface area contributed by atoms with Gasteiger partial charge in [0.1, 0.15) is 14.8 Å². The lowest BCUT2D eigenvalue weighted by molar-refractivity contribution is -0.596. The molecule has 0 radical (unpaired) electrons. The van der Waals surface area contributed by atoms with Crippen LogP contribution in [0.3, 0.4) is 0 Å². The molecule has 0 saturated heterocycles. The number of para-hydroxylation sites is 4. The molecule has 12 heteroatoms. The molecule has 0 aliphatic carbocycles. The normalized spacial score (nSPS) is 9.96. The van der Waals surface area contributed by atoms with Crippen LogP contribution in [0.25, 0.3) is 45.0 Å². The van der Waals surface area contributed by atoms with Crippen molar-refractivity contribution in [3.05, 3.63) is 219 Å². The second-order valence-corrected chi connectivity index (χ2v) is 11.9. The fourth-order valence-electron chi connectivity index (χ4n) is 5.56. The third-order valence-electron chi connectivity index (χ3n) is 8.20. The van der Waals surface area contributed by atoms with E-state index in [0.717, 1.165) is 0 Å². The molecule has 0 spiro atoms. The van der Waals surface area contributed by atoms with Gasteiger partial charge in [0.05, 0.1) is 0 Å². The first-order valence-electron chi connectivity index (χ1n) is 17.5. The van der Waals surface area contributed by atoms with Crippen molar-refractivity contribution in [1.29, 1.82) is 0 Å². The molecule has 8 aromatic rings. The Morgan fingerprint density at radius 1 is 0.268 bits per heavy atom. The summed E-state index contributed by atoms with van der Waals surface area (Å²) < 4.78 is 28.3. The standard InChI is InChI=1S/2C22H18N2.2BFO2/c2*1-3-7-21(8-4-1)23-15-11-19(12-16-23)20-13-17-24(18-14-20)22-9-5-2-6-10-22;2*2-1(3)4/h2*1-18H;;/q2*+2;2*-2. The summed E-state index contributed by atoms with van der Waals surface area (Å²) in [4.78, 5) is 0. The summed E-state index contributed by atoms with van der Waals surface area (Å²) in [6.45, 7) is 0. The zero-order valence-corrected chi connectivity index (χ0v) is 30.1. The number of rotatable bonds is 6. The molecule has 8 rings (SSSR count). The SMILES string of the molecule is [O-]B([O-])F.[O-]B([O-])F.c1ccc(-[n+]2ccc(-c3cc[n+](-c4ccccc4)cc3)cc2)cc1.c1ccc(-[n+]2ccc(-c3cc[n+](-c4ccccc4)cc3)cc2)cc1. The molecule has 0 aliphatic heterocycles. The van der Waals surface area contributed by atoms with Gasteiger partial charge in [-0.1, -0.05) is 72.8 Å². The van der Waals surface area contributed by atoms with Crippen LogP contribution in [0, 0.1) is 0 Å². The van der Waals surface area contributed by atoms with Gasteiger partial charge in [0.25, 0.3) is 0 Å². The minimum Gasteiger partial charge on any atom is -0.867 e.